The number of rotatable bonds is 4. The second-order valence-electron chi connectivity index (χ2n) is 3.13. The van der Waals surface area contributed by atoms with E-state index in [1.54, 1.807) is 6.92 Å². The van der Waals surface area contributed by atoms with Crippen LogP contribution in [0.1, 0.15) is 16.7 Å². The number of hydrogen-bond acceptors (Lipinski definition) is 7. The van der Waals surface area contributed by atoms with Crippen molar-refractivity contribution < 1.29 is 9.53 Å². The van der Waals surface area contributed by atoms with Crippen LogP contribution in [0.15, 0.2) is 21.6 Å². The molecule has 0 saturated heterocycles. The van der Waals surface area contributed by atoms with E-state index in [9.17, 15) is 4.79 Å². The zero-order chi connectivity index (χ0) is 13.8. The highest BCUT2D eigenvalue weighted by Crippen LogP contribution is 2.38. The van der Waals surface area contributed by atoms with E-state index >= 15 is 0 Å². The van der Waals surface area contributed by atoms with Crippen LogP contribution in [0.3, 0.4) is 0 Å². The maximum absolute atomic E-state index is 11.5. The van der Waals surface area contributed by atoms with Gasteiger partial charge in [-0.25, -0.2) is 4.79 Å². The van der Waals surface area contributed by atoms with Gasteiger partial charge in [0.25, 0.3) is 0 Å². The third-order valence-electron chi connectivity index (χ3n) is 1.86. The Bertz CT molecular complexity index is 586. The molecular weight excluding hydrogens is 329 g/mol. The Balaban J connectivity index is 2.18. The molecule has 2 aromatic rings. The minimum absolute atomic E-state index is 0.200. The van der Waals surface area contributed by atoms with Gasteiger partial charge < -0.3 is 4.74 Å². The number of aromatic nitrogens is 3. The number of carbonyl (C=O) groups is 1. The van der Waals surface area contributed by atoms with Crippen molar-refractivity contribution in [3.63, 3.8) is 0 Å². The topological polar surface area (TPSA) is 65.0 Å². The maximum atomic E-state index is 11.5. The molecule has 2 heterocycles. The number of nitrogens with zero attached hydrogens (tertiary/aromatic N) is 3. The first kappa shape index (κ1) is 14.5. The van der Waals surface area contributed by atoms with Gasteiger partial charge >= 0.3 is 5.97 Å². The molecule has 0 bridgehead atoms. The lowest BCUT2D eigenvalue weighted by Crippen LogP contribution is -2.03. The number of hydrogen-bond donors (Lipinski definition) is 0. The van der Waals surface area contributed by atoms with E-state index in [4.69, 9.17) is 27.9 Å². The summed E-state index contributed by atoms with van der Waals surface area (Å²) in [5.74, 6) is -0.487. The Hall–Kier alpha value is -0.890. The SMILES string of the molecule is CCOC(=O)c1nnc(Sc2c(Cl)cncc2Cl)s1. The van der Waals surface area contributed by atoms with Gasteiger partial charge in [-0.05, 0) is 6.92 Å². The summed E-state index contributed by atoms with van der Waals surface area (Å²) >= 11 is 14.3. The van der Waals surface area contributed by atoms with Crippen LogP contribution >= 0.6 is 46.3 Å². The molecule has 2 aromatic heterocycles. The van der Waals surface area contributed by atoms with E-state index < -0.39 is 5.97 Å². The molecule has 0 aliphatic rings. The maximum Gasteiger partial charge on any atom is 0.369 e. The standard InChI is InChI=1S/C10H7Cl2N3O2S2/c1-2-17-9(16)8-14-15-10(19-8)18-7-5(11)3-13-4-6(7)12/h3-4H,2H2,1H3. The van der Waals surface area contributed by atoms with Crippen molar-refractivity contribution in [3.05, 3.63) is 27.4 Å². The van der Waals surface area contributed by atoms with Crippen LogP contribution in [0.25, 0.3) is 0 Å². The van der Waals surface area contributed by atoms with Crippen molar-refractivity contribution in [2.45, 2.75) is 16.2 Å². The number of ether oxygens (including phenoxy) is 1. The highest BCUT2D eigenvalue weighted by Gasteiger charge is 2.16. The fraction of sp³-hybridized carbons (Fsp3) is 0.200. The van der Waals surface area contributed by atoms with Gasteiger partial charge in [-0.15, -0.1) is 10.2 Å². The summed E-state index contributed by atoms with van der Waals surface area (Å²) in [7, 11) is 0. The number of pyridine rings is 1. The average molecular weight is 336 g/mol. The lowest BCUT2D eigenvalue weighted by atomic mass is 10.5. The lowest BCUT2D eigenvalue weighted by Gasteiger charge is -2.01. The molecule has 100 valence electrons. The first-order chi connectivity index (χ1) is 9.11. The first-order valence-electron chi connectivity index (χ1n) is 5.09. The summed E-state index contributed by atoms with van der Waals surface area (Å²) in [6, 6.07) is 0. The first-order valence-corrected chi connectivity index (χ1v) is 7.48. The van der Waals surface area contributed by atoms with Gasteiger partial charge in [0.05, 0.1) is 21.5 Å². The minimum Gasteiger partial charge on any atom is -0.461 e. The van der Waals surface area contributed by atoms with E-state index in [0.29, 0.717) is 25.9 Å². The zero-order valence-electron chi connectivity index (χ0n) is 9.59. The molecule has 0 radical (unpaired) electrons. The minimum atomic E-state index is -0.487. The molecule has 0 fully saturated rings. The fourth-order valence-electron chi connectivity index (χ4n) is 1.11. The van der Waals surface area contributed by atoms with Gasteiger partial charge in [-0.2, -0.15) is 0 Å². The molecule has 0 aliphatic heterocycles. The van der Waals surface area contributed by atoms with Crippen LogP contribution in [0.5, 0.6) is 0 Å². The Morgan fingerprint density at radius 2 is 2.05 bits per heavy atom. The Morgan fingerprint density at radius 3 is 2.68 bits per heavy atom. The van der Waals surface area contributed by atoms with Crippen molar-refractivity contribution in [1.82, 2.24) is 15.2 Å². The summed E-state index contributed by atoms with van der Waals surface area (Å²) in [5, 5.41) is 8.69. The van der Waals surface area contributed by atoms with Crippen LogP contribution in [-0.4, -0.2) is 27.8 Å². The second-order valence-corrected chi connectivity index (χ2v) is 6.18. The molecule has 19 heavy (non-hydrogen) atoms. The van der Waals surface area contributed by atoms with Crippen LogP contribution in [-0.2, 0) is 4.74 Å². The third kappa shape index (κ3) is 3.56. The summed E-state index contributed by atoms with van der Waals surface area (Å²) in [6.45, 7) is 2.02. The fourth-order valence-corrected chi connectivity index (χ4v) is 3.39. The molecule has 0 saturated carbocycles. The van der Waals surface area contributed by atoms with Gasteiger partial charge in [0.1, 0.15) is 0 Å². The third-order valence-corrected chi connectivity index (χ3v) is 4.75. The Kier molecular flexibility index (Phi) is 4.98. The van der Waals surface area contributed by atoms with Gasteiger partial charge in [-0.3, -0.25) is 4.98 Å². The highest BCUT2D eigenvalue weighted by atomic mass is 35.5. The molecule has 0 atom stereocenters. The van der Waals surface area contributed by atoms with Gasteiger partial charge in [0, 0.05) is 12.4 Å². The summed E-state index contributed by atoms with van der Waals surface area (Å²) in [5.41, 5.74) is 0. The van der Waals surface area contributed by atoms with Crippen molar-refractivity contribution in [2.75, 3.05) is 6.61 Å². The van der Waals surface area contributed by atoms with E-state index in [1.807, 2.05) is 0 Å². The number of halogens is 2. The largest absolute Gasteiger partial charge is 0.461 e. The Morgan fingerprint density at radius 1 is 1.37 bits per heavy atom. The normalized spacial score (nSPS) is 10.5. The zero-order valence-corrected chi connectivity index (χ0v) is 12.7. The molecule has 0 aliphatic carbocycles. The van der Waals surface area contributed by atoms with E-state index in [-0.39, 0.29) is 5.01 Å². The number of carbonyl (C=O) groups excluding carboxylic acids is 1. The summed E-state index contributed by atoms with van der Waals surface area (Å²) < 4.78 is 5.39. The smallest absolute Gasteiger partial charge is 0.369 e. The summed E-state index contributed by atoms with van der Waals surface area (Å²) in [4.78, 5) is 15.9. The molecule has 0 aromatic carbocycles. The van der Waals surface area contributed by atoms with Crippen molar-refractivity contribution in [3.8, 4) is 0 Å². The molecule has 0 unspecified atom stereocenters. The Labute approximate surface area is 127 Å². The highest BCUT2D eigenvalue weighted by molar-refractivity contribution is 8.01. The lowest BCUT2D eigenvalue weighted by molar-refractivity contribution is 0.0525. The number of esters is 1. The van der Waals surface area contributed by atoms with Crippen LogP contribution < -0.4 is 0 Å². The molecule has 0 N–H and O–H groups in total. The van der Waals surface area contributed by atoms with Gasteiger partial charge in [0.2, 0.25) is 5.01 Å². The quantitative estimate of drug-likeness (QED) is 0.796. The molecule has 0 spiro atoms. The predicted molar refractivity (Wildman–Crippen MR) is 74.2 cm³/mol. The van der Waals surface area contributed by atoms with Crippen molar-refractivity contribution in [1.29, 1.82) is 0 Å². The van der Waals surface area contributed by atoms with Crippen molar-refractivity contribution >= 4 is 52.3 Å². The van der Waals surface area contributed by atoms with Gasteiger partial charge in [0.15, 0.2) is 4.34 Å². The molecule has 9 heteroatoms. The molecule has 2 rings (SSSR count). The van der Waals surface area contributed by atoms with E-state index in [0.717, 1.165) is 11.3 Å². The summed E-state index contributed by atoms with van der Waals surface area (Å²) in [6.07, 6.45) is 2.98. The monoisotopic (exact) mass is 335 g/mol. The molecular formula is C10H7Cl2N3O2S2. The van der Waals surface area contributed by atoms with E-state index in [1.165, 1.54) is 24.2 Å². The average Bonchev–Trinajstić information content (AvgIpc) is 2.83. The molecule has 5 nitrogen and oxygen atoms in total. The predicted octanol–water partition coefficient (Wildman–Crippen LogP) is 3.57. The van der Waals surface area contributed by atoms with Crippen molar-refractivity contribution in [2.24, 2.45) is 0 Å². The van der Waals surface area contributed by atoms with E-state index in [2.05, 4.69) is 15.2 Å². The van der Waals surface area contributed by atoms with Gasteiger partial charge in [-0.1, -0.05) is 46.3 Å². The molecule has 0 amide bonds. The second kappa shape index (κ2) is 6.51. The van der Waals surface area contributed by atoms with Crippen LogP contribution in [0, 0.1) is 0 Å². The van der Waals surface area contributed by atoms with Crippen LogP contribution in [0.4, 0.5) is 0 Å². The van der Waals surface area contributed by atoms with Crippen LogP contribution in [0.2, 0.25) is 10.0 Å².